The first-order valence-electron chi connectivity index (χ1n) is 6.69. The van der Waals surface area contributed by atoms with Crippen molar-refractivity contribution >= 4 is 23.3 Å². The van der Waals surface area contributed by atoms with Gasteiger partial charge in [-0.3, -0.25) is 9.69 Å². The highest BCUT2D eigenvalue weighted by Gasteiger charge is 2.33. The largest absolute Gasteiger partial charge is 0.372 e. The van der Waals surface area contributed by atoms with Crippen molar-refractivity contribution in [2.45, 2.75) is 19.4 Å². The molecular formula is C14H21ClN4O. The summed E-state index contributed by atoms with van der Waals surface area (Å²) in [6.45, 7) is 6.58. The summed E-state index contributed by atoms with van der Waals surface area (Å²) in [5, 5.41) is 3.35. The molecule has 2 rings (SSSR count). The number of rotatable bonds is 2. The second-order valence-corrected chi connectivity index (χ2v) is 6.17. The highest BCUT2D eigenvalue weighted by molar-refractivity contribution is 6.33. The molecule has 5 nitrogen and oxygen atoms in total. The van der Waals surface area contributed by atoms with E-state index < -0.39 is 0 Å². The van der Waals surface area contributed by atoms with E-state index >= 15 is 0 Å². The standard InChI is InChI=1S/C14H21ClN4O/c1-14(2)9-19(6-5-18(14)4)13(20)10-7-11(15)12(16-3)17-8-10/h7-8H,5-6,9H2,1-4H3,(H,16,17). The lowest BCUT2D eigenvalue weighted by molar-refractivity contribution is 0.0311. The van der Waals surface area contributed by atoms with Gasteiger partial charge in [0.15, 0.2) is 0 Å². The topological polar surface area (TPSA) is 48.5 Å². The molecule has 2 heterocycles. The Labute approximate surface area is 124 Å². The molecule has 0 aliphatic carbocycles. The zero-order valence-corrected chi connectivity index (χ0v) is 13.2. The van der Waals surface area contributed by atoms with Gasteiger partial charge in [-0.05, 0) is 27.0 Å². The number of pyridine rings is 1. The fourth-order valence-electron chi connectivity index (χ4n) is 2.33. The fraction of sp³-hybridized carbons (Fsp3) is 0.571. The summed E-state index contributed by atoms with van der Waals surface area (Å²) in [4.78, 5) is 20.8. The van der Waals surface area contributed by atoms with Crippen LogP contribution in [-0.4, -0.2) is 60.0 Å². The normalized spacial score (nSPS) is 18.9. The van der Waals surface area contributed by atoms with Crippen molar-refractivity contribution in [3.8, 4) is 0 Å². The molecule has 0 spiro atoms. The van der Waals surface area contributed by atoms with E-state index in [0.29, 0.717) is 22.9 Å². The Morgan fingerprint density at radius 3 is 2.70 bits per heavy atom. The van der Waals surface area contributed by atoms with Gasteiger partial charge in [-0.15, -0.1) is 0 Å². The predicted octanol–water partition coefficient (Wildman–Crippen LogP) is 1.94. The summed E-state index contributed by atoms with van der Waals surface area (Å²) in [5.41, 5.74) is 0.519. The molecule has 1 amide bonds. The first-order valence-corrected chi connectivity index (χ1v) is 7.07. The van der Waals surface area contributed by atoms with E-state index in [1.165, 1.54) is 0 Å². The Balaban J connectivity index is 2.18. The number of carbonyl (C=O) groups is 1. The predicted molar refractivity (Wildman–Crippen MR) is 81.4 cm³/mol. The molecule has 0 atom stereocenters. The van der Waals surface area contributed by atoms with Crippen molar-refractivity contribution in [3.63, 3.8) is 0 Å². The van der Waals surface area contributed by atoms with Gasteiger partial charge in [0.1, 0.15) is 5.82 Å². The third-order valence-electron chi connectivity index (χ3n) is 3.93. The zero-order valence-electron chi connectivity index (χ0n) is 12.4. The summed E-state index contributed by atoms with van der Waals surface area (Å²) < 4.78 is 0. The van der Waals surface area contributed by atoms with Gasteiger partial charge in [0.05, 0.1) is 10.6 Å². The third-order valence-corrected chi connectivity index (χ3v) is 4.22. The van der Waals surface area contributed by atoms with Gasteiger partial charge in [-0.25, -0.2) is 4.98 Å². The second-order valence-electron chi connectivity index (χ2n) is 5.77. The Kier molecular flexibility index (Phi) is 4.20. The number of amides is 1. The van der Waals surface area contributed by atoms with E-state index in [1.807, 2.05) is 4.90 Å². The van der Waals surface area contributed by atoms with Gasteiger partial charge in [-0.2, -0.15) is 0 Å². The smallest absolute Gasteiger partial charge is 0.255 e. The molecule has 1 aromatic heterocycles. The number of carbonyl (C=O) groups excluding carboxylic acids is 1. The lowest BCUT2D eigenvalue weighted by atomic mass is 9.99. The van der Waals surface area contributed by atoms with E-state index in [9.17, 15) is 4.79 Å². The molecule has 0 saturated carbocycles. The van der Waals surface area contributed by atoms with Crippen LogP contribution in [0.5, 0.6) is 0 Å². The first-order chi connectivity index (χ1) is 9.35. The number of halogens is 1. The van der Waals surface area contributed by atoms with Crippen molar-refractivity contribution in [1.29, 1.82) is 0 Å². The summed E-state index contributed by atoms with van der Waals surface area (Å²) in [6, 6.07) is 1.67. The number of hydrogen-bond acceptors (Lipinski definition) is 4. The van der Waals surface area contributed by atoms with Crippen LogP contribution >= 0.6 is 11.6 Å². The zero-order chi connectivity index (χ0) is 14.9. The van der Waals surface area contributed by atoms with Gasteiger partial charge in [0, 0.05) is 38.4 Å². The van der Waals surface area contributed by atoms with Crippen LogP contribution < -0.4 is 5.32 Å². The molecular weight excluding hydrogens is 276 g/mol. The SMILES string of the molecule is CNc1ncc(C(=O)N2CCN(C)C(C)(C)C2)cc1Cl. The van der Waals surface area contributed by atoms with Gasteiger partial charge < -0.3 is 10.2 Å². The molecule has 1 aliphatic rings. The molecule has 6 heteroatoms. The maximum absolute atomic E-state index is 12.5. The second kappa shape index (κ2) is 5.58. The van der Waals surface area contributed by atoms with Crippen molar-refractivity contribution in [2.75, 3.05) is 39.0 Å². The quantitative estimate of drug-likeness (QED) is 0.906. The average molecular weight is 297 g/mol. The Morgan fingerprint density at radius 2 is 2.15 bits per heavy atom. The summed E-state index contributed by atoms with van der Waals surface area (Å²) in [5.74, 6) is 0.574. The van der Waals surface area contributed by atoms with Crippen molar-refractivity contribution < 1.29 is 4.79 Å². The minimum atomic E-state index is -0.0178. The molecule has 0 unspecified atom stereocenters. The number of aromatic nitrogens is 1. The number of anilines is 1. The molecule has 110 valence electrons. The van der Waals surface area contributed by atoms with Crippen LogP contribution in [0, 0.1) is 0 Å². The fourth-order valence-corrected chi connectivity index (χ4v) is 2.60. The van der Waals surface area contributed by atoms with E-state index in [-0.39, 0.29) is 11.4 Å². The summed E-state index contributed by atoms with van der Waals surface area (Å²) >= 11 is 6.09. The number of nitrogens with zero attached hydrogens (tertiary/aromatic N) is 3. The lowest BCUT2D eigenvalue weighted by Gasteiger charge is -2.45. The molecule has 1 N–H and O–H groups in total. The first kappa shape index (κ1) is 15.1. The van der Waals surface area contributed by atoms with Crippen LogP contribution in [0.25, 0.3) is 0 Å². The van der Waals surface area contributed by atoms with E-state index in [1.54, 1.807) is 19.3 Å². The van der Waals surface area contributed by atoms with Crippen LogP contribution in [0.1, 0.15) is 24.2 Å². The lowest BCUT2D eigenvalue weighted by Crippen LogP contribution is -2.58. The van der Waals surface area contributed by atoms with Gasteiger partial charge >= 0.3 is 0 Å². The summed E-state index contributed by atoms with van der Waals surface area (Å²) in [7, 11) is 3.83. The number of hydrogen-bond donors (Lipinski definition) is 1. The molecule has 1 fully saturated rings. The Bertz CT molecular complexity index is 518. The maximum Gasteiger partial charge on any atom is 0.255 e. The van der Waals surface area contributed by atoms with Crippen LogP contribution in [0.15, 0.2) is 12.3 Å². The van der Waals surface area contributed by atoms with Crippen LogP contribution in [0.4, 0.5) is 5.82 Å². The number of nitrogens with one attached hydrogen (secondary N) is 1. The minimum absolute atomic E-state index is 0.0109. The number of piperazine rings is 1. The molecule has 0 bridgehead atoms. The molecule has 1 aliphatic heterocycles. The van der Waals surface area contributed by atoms with Crippen LogP contribution in [0.2, 0.25) is 5.02 Å². The van der Waals surface area contributed by atoms with Crippen molar-refractivity contribution in [3.05, 3.63) is 22.8 Å². The van der Waals surface area contributed by atoms with E-state index in [0.717, 1.165) is 13.1 Å². The molecule has 1 saturated heterocycles. The van der Waals surface area contributed by atoms with Crippen molar-refractivity contribution in [2.24, 2.45) is 0 Å². The highest BCUT2D eigenvalue weighted by atomic mass is 35.5. The summed E-state index contributed by atoms with van der Waals surface area (Å²) in [6.07, 6.45) is 1.57. The van der Waals surface area contributed by atoms with Crippen molar-refractivity contribution in [1.82, 2.24) is 14.8 Å². The maximum atomic E-state index is 12.5. The van der Waals surface area contributed by atoms with Gasteiger partial charge in [-0.1, -0.05) is 11.6 Å². The number of likely N-dealkylation sites (N-methyl/N-ethyl adjacent to an activating group) is 1. The monoisotopic (exact) mass is 296 g/mol. The van der Waals surface area contributed by atoms with Gasteiger partial charge in [0.2, 0.25) is 0 Å². The molecule has 0 radical (unpaired) electrons. The molecule has 20 heavy (non-hydrogen) atoms. The van der Waals surface area contributed by atoms with Gasteiger partial charge in [0.25, 0.3) is 5.91 Å². The molecule has 0 aromatic carbocycles. The van der Waals surface area contributed by atoms with E-state index in [4.69, 9.17) is 11.6 Å². The minimum Gasteiger partial charge on any atom is -0.372 e. The van der Waals surface area contributed by atoms with E-state index in [2.05, 4.69) is 36.1 Å². The Hall–Kier alpha value is -1.33. The molecule has 1 aromatic rings. The Morgan fingerprint density at radius 1 is 1.45 bits per heavy atom. The van der Waals surface area contributed by atoms with Crippen LogP contribution in [-0.2, 0) is 0 Å². The van der Waals surface area contributed by atoms with Crippen LogP contribution in [0.3, 0.4) is 0 Å². The third kappa shape index (κ3) is 2.88. The average Bonchev–Trinajstić information content (AvgIpc) is 2.41. The highest BCUT2D eigenvalue weighted by Crippen LogP contribution is 2.23.